The summed E-state index contributed by atoms with van der Waals surface area (Å²) in [5.41, 5.74) is 7.34. The minimum atomic E-state index is -0.504. The van der Waals surface area contributed by atoms with E-state index in [1.807, 2.05) is 18.1 Å². The molecule has 4 aromatic carbocycles. The van der Waals surface area contributed by atoms with Crippen LogP contribution in [0.2, 0.25) is 0 Å². The van der Waals surface area contributed by atoms with Crippen LogP contribution in [0.15, 0.2) is 84.9 Å². The maximum absolute atomic E-state index is 11.1. The van der Waals surface area contributed by atoms with Crippen molar-refractivity contribution in [3.63, 3.8) is 0 Å². The SMILES string of the molecule is [B]=CC1(CCCCCCCC)c2cc(Nc3ccc([N+](=O)[O-])cc3)ccc2-c2ccc(Nc3ccc([N+](=O)[O-])cc3)cc21. The van der Waals surface area contributed by atoms with Gasteiger partial charge in [-0.3, -0.25) is 0 Å². The standard InChI is InChI=1S/C34H34BN4O4/c1-2-3-4-5-6-7-20-34(23-35)32-21-26(36-24-8-14-28(15-9-24)38(40)41)12-18-30(32)31-19-13-27(22-33(31)34)37-25-10-16-29(17-11-25)39(42)43/h8-19,21-23,36-37H,2-7,20H2,1H3. The third kappa shape index (κ3) is 6.36. The quantitative estimate of drug-likeness (QED) is 0.0674. The van der Waals surface area contributed by atoms with E-state index in [1.54, 1.807) is 24.3 Å². The summed E-state index contributed by atoms with van der Waals surface area (Å²) in [6.07, 6.45) is 7.88. The summed E-state index contributed by atoms with van der Waals surface area (Å²) in [4.78, 5) is 21.3. The molecule has 8 nitrogen and oxygen atoms in total. The van der Waals surface area contributed by atoms with Crippen LogP contribution in [-0.4, -0.2) is 23.3 Å². The molecule has 0 bridgehead atoms. The molecule has 217 valence electrons. The summed E-state index contributed by atoms with van der Waals surface area (Å²) in [6.45, 7) is 2.22. The Hall–Kier alpha value is -4.79. The molecular formula is C34H34BN4O4. The predicted molar refractivity (Wildman–Crippen MR) is 175 cm³/mol. The predicted octanol–water partition coefficient (Wildman–Crippen LogP) is 8.98. The maximum atomic E-state index is 11.1. The summed E-state index contributed by atoms with van der Waals surface area (Å²) < 4.78 is 0. The summed E-state index contributed by atoms with van der Waals surface area (Å²) in [6, 6.07) is 25.3. The Balaban J connectivity index is 1.47. The third-order valence-corrected chi connectivity index (χ3v) is 8.23. The Bertz CT molecular complexity index is 1530. The van der Waals surface area contributed by atoms with Crippen molar-refractivity contribution in [3.8, 4) is 11.1 Å². The molecule has 1 aliphatic rings. The topological polar surface area (TPSA) is 110 Å². The second-order valence-electron chi connectivity index (χ2n) is 11.0. The van der Waals surface area contributed by atoms with E-state index in [9.17, 15) is 20.2 Å². The minimum absolute atomic E-state index is 0.0452. The fraction of sp³-hybridized carbons (Fsp3) is 0.265. The van der Waals surface area contributed by atoms with Gasteiger partial charge in [-0.15, -0.1) is 0 Å². The monoisotopic (exact) mass is 573 g/mol. The molecule has 0 aliphatic heterocycles. The molecule has 0 atom stereocenters. The van der Waals surface area contributed by atoms with Crippen LogP contribution in [0, 0.1) is 20.2 Å². The van der Waals surface area contributed by atoms with Crippen molar-refractivity contribution in [2.45, 2.75) is 57.3 Å². The van der Waals surface area contributed by atoms with E-state index in [-0.39, 0.29) is 11.4 Å². The number of nitrogens with one attached hydrogen (secondary N) is 2. The zero-order valence-electron chi connectivity index (χ0n) is 24.2. The van der Waals surface area contributed by atoms with Crippen molar-refractivity contribution >= 4 is 47.6 Å². The van der Waals surface area contributed by atoms with Crippen molar-refractivity contribution in [1.82, 2.24) is 0 Å². The first-order valence-electron chi connectivity index (χ1n) is 14.7. The number of nitro groups is 2. The molecule has 0 saturated carbocycles. The normalized spacial score (nSPS) is 12.7. The average Bonchev–Trinajstić information content (AvgIpc) is 3.28. The van der Waals surface area contributed by atoms with E-state index in [1.165, 1.54) is 49.9 Å². The first-order chi connectivity index (χ1) is 20.8. The van der Waals surface area contributed by atoms with Gasteiger partial charge in [0.25, 0.3) is 0 Å². The van der Waals surface area contributed by atoms with E-state index in [0.29, 0.717) is 0 Å². The molecular weight excluding hydrogens is 539 g/mol. The van der Waals surface area contributed by atoms with Crippen molar-refractivity contribution in [2.75, 3.05) is 10.6 Å². The van der Waals surface area contributed by atoms with Gasteiger partial charge in [0.1, 0.15) is 0 Å². The number of hydrogen-bond acceptors (Lipinski definition) is 6. The number of nitro benzene ring substituents is 2. The van der Waals surface area contributed by atoms with Crippen LogP contribution in [-0.2, 0) is 5.41 Å². The zero-order chi connectivity index (χ0) is 30.4. The van der Waals surface area contributed by atoms with Crippen molar-refractivity contribution in [1.29, 1.82) is 0 Å². The Morgan fingerprint density at radius 2 is 1.07 bits per heavy atom. The molecule has 0 saturated heterocycles. The fourth-order valence-electron chi connectivity index (χ4n) is 5.98. The molecule has 1 aliphatic carbocycles. The van der Waals surface area contributed by atoms with Gasteiger partial charge in [0.05, 0.1) is 0 Å². The number of anilines is 4. The van der Waals surface area contributed by atoms with Crippen LogP contribution in [0.3, 0.4) is 0 Å². The molecule has 43 heavy (non-hydrogen) atoms. The van der Waals surface area contributed by atoms with Crippen molar-refractivity contribution < 1.29 is 9.85 Å². The first kappa shape index (κ1) is 29.7. The Morgan fingerprint density at radius 3 is 1.49 bits per heavy atom. The number of nitrogens with zero attached hydrogens (tertiary/aromatic N) is 2. The molecule has 0 unspecified atom stereocenters. The molecule has 0 aromatic heterocycles. The Morgan fingerprint density at radius 1 is 0.651 bits per heavy atom. The molecule has 0 spiro atoms. The van der Waals surface area contributed by atoms with E-state index < -0.39 is 15.3 Å². The molecule has 1 radical (unpaired) electrons. The van der Waals surface area contributed by atoms with Crippen LogP contribution < -0.4 is 10.6 Å². The second-order valence-corrected chi connectivity index (χ2v) is 11.0. The average molecular weight is 573 g/mol. The van der Waals surface area contributed by atoms with Crippen LogP contribution in [0.1, 0.15) is 63.0 Å². The molecule has 0 amide bonds. The molecule has 0 fully saturated rings. The number of non-ortho nitro benzene ring substituents is 2. The van der Waals surface area contributed by atoms with Gasteiger partial charge < -0.3 is 0 Å². The van der Waals surface area contributed by atoms with E-state index in [2.05, 4.69) is 41.8 Å². The second kappa shape index (κ2) is 13.0. The van der Waals surface area contributed by atoms with Gasteiger partial charge in [-0.2, -0.15) is 0 Å². The van der Waals surface area contributed by atoms with Crippen molar-refractivity contribution in [3.05, 3.63) is 116 Å². The van der Waals surface area contributed by atoms with Crippen LogP contribution in [0.5, 0.6) is 0 Å². The first-order valence-corrected chi connectivity index (χ1v) is 14.7. The molecule has 0 heterocycles. The molecule has 5 rings (SSSR count). The van der Waals surface area contributed by atoms with Gasteiger partial charge in [0, 0.05) is 0 Å². The van der Waals surface area contributed by atoms with Crippen molar-refractivity contribution in [2.24, 2.45) is 0 Å². The van der Waals surface area contributed by atoms with Gasteiger partial charge >= 0.3 is 253 Å². The van der Waals surface area contributed by atoms with Gasteiger partial charge in [-0.05, 0) is 0 Å². The molecule has 2 N–H and O–H groups in total. The number of benzene rings is 4. The van der Waals surface area contributed by atoms with Gasteiger partial charge in [0.15, 0.2) is 0 Å². The summed E-state index contributed by atoms with van der Waals surface area (Å²) in [5.74, 6) is 1.83. The summed E-state index contributed by atoms with van der Waals surface area (Å²) >= 11 is 0. The van der Waals surface area contributed by atoms with Gasteiger partial charge in [-0.1, -0.05) is 0 Å². The summed E-state index contributed by atoms with van der Waals surface area (Å²) in [5, 5.41) is 28.9. The Labute approximate surface area is 252 Å². The van der Waals surface area contributed by atoms with Gasteiger partial charge in [-0.25, -0.2) is 0 Å². The number of unbranched alkanes of at least 4 members (excludes halogenated alkanes) is 5. The van der Waals surface area contributed by atoms with E-state index >= 15 is 0 Å². The van der Waals surface area contributed by atoms with Crippen LogP contribution in [0.25, 0.3) is 11.1 Å². The molecule has 4 aromatic rings. The van der Waals surface area contributed by atoms with E-state index in [4.69, 9.17) is 7.49 Å². The Kier molecular flexibility index (Phi) is 9.00. The van der Waals surface area contributed by atoms with Crippen LogP contribution in [0.4, 0.5) is 34.1 Å². The zero-order valence-corrected chi connectivity index (χ0v) is 24.2. The van der Waals surface area contributed by atoms with Crippen LogP contribution >= 0.6 is 0 Å². The summed E-state index contributed by atoms with van der Waals surface area (Å²) in [7, 11) is 6.56. The number of hydrogen-bond donors (Lipinski definition) is 2. The van der Waals surface area contributed by atoms with Gasteiger partial charge in [0.2, 0.25) is 0 Å². The fourth-order valence-corrected chi connectivity index (χ4v) is 5.98. The third-order valence-electron chi connectivity index (χ3n) is 8.23. The van der Waals surface area contributed by atoms with E-state index in [0.717, 1.165) is 64.3 Å². The molecule has 9 heteroatoms. The number of fused-ring (bicyclic) bond motifs is 3. The number of rotatable bonds is 14.